The van der Waals surface area contributed by atoms with E-state index in [1.807, 2.05) is 34.2 Å². The fourth-order valence-electron chi connectivity index (χ4n) is 4.65. The van der Waals surface area contributed by atoms with Crippen LogP contribution in [0.1, 0.15) is 42.3 Å². The van der Waals surface area contributed by atoms with Crippen LogP contribution in [0, 0.1) is 5.92 Å². The van der Waals surface area contributed by atoms with E-state index in [9.17, 15) is 18.0 Å². The lowest BCUT2D eigenvalue weighted by molar-refractivity contribution is -0.325. The number of fused-ring (bicyclic) bond motifs is 1. The quantitative estimate of drug-likeness (QED) is 0.378. The minimum Gasteiger partial charge on any atom is -0.420 e. The minimum absolute atomic E-state index is 0.0648. The molecule has 1 aliphatic heterocycles. The first kappa shape index (κ1) is 25.2. The molecule has 1 aromatic carbocycles. The normalized spacial score (nSPS) is 16.2. The number of aromatic nitrogens is 2. The number of oxazole rings is 1. The van der Waals surface area contributed by atoms with E-state index in [2.05, 4.69) is 27.7 Å². The number of hydrogen-bond donors (Lipinski definition) is 1. The van der Waals surface area contributed by atoms with E-state index in [1.54, 1.807) is 0 Å². The van der Waals surface area contributed by atoms with Crippen LogP contribution in [0.5, 0.6) is 0 Å². The van der Waals surface area contributed by atoms with Crippen LogP contribution in [0.15, 0.2) is 41.1 Å². The third-order valence-corrected chi connectivity index (χ3v) is 6.44. The molecule has 190 valence electrons. The molecule has 35 heavy (non-hydrogen) atoms. The Bertz CT molecular complexity index is 1100. The molecule has 0 saturated carbocycles. The Morgan fingerprint density at radius 3 is 2.74 bits per heavy atom. The van der Waals surface area contributed by atoms with Crippen molar-refractivity contribution in [2.24, 2.45) is 5.92 Å². The Balaban J connectivity index is 1.30. The summed E-state index contributed by atoms with van der Waals surface area (Å²) in [5.41, 5.74) is 2.31. The number of halogens is 3. The van der Waals surface area contributed by atoms with Crippen molar-refractivity contribution < 1.29 is 27.1 Å². The molecular weight excluding hydrogens is 461 g/mol. The Labute approximate surface area is 202 Å². The first-order valence-electron chi connectivity index (χ1n) is 12.0. The highest BCUT2D eigenvalue weighted by molar-refractivity contribution is 5.93. The SMILES string of the molecule is CCCC(CC(=O)c1cnc(N2CCN(CCOC(F)(F)F)CC2)o1)Cc1c[nH]c2ccccc12. The fraction of sp³-hybridized carbons (Fsp3) is 0.520. The number of nitrogens with zero attached hydrogens (tertiary/aromatic N) is 3. The first-order chi connectivity index (χ1) is 16.8. The lowest BCUT2D eigenvalue weighted by Gasteiger charge is -2.33. The second kappa shape index (κ2) is 11.3. The molecule has 0 bridgehead atoms. The summed E-state index contributed by atoms with van der Waals surface area (Å²) in [4.78, 5) is 24.4. The van der Waals surface area contributed by atoms with Crippen molar-refractivity contribution in [3.05, 3.63) is 48.0 Å². The summed E-state index contributed by atoms with van der Waals surface area (Å²) in [5, 5.41) is 1.19. The predicted molar refractivity (Wildman–Crippen MR) is 127 cm³/mol. The van der Waals surface area contributed by atoms with Gasteiger partial charge in [-0.1, -0.05) is 31.5 Å². The number of piperazine rings is 1. The zero-order chi connectivity index (χ0) is 24.8. The highest BCUT2D eigenvalue weighted by Crippen LogP contribution is 2.26. The van der Waals surface area contributed by atoms with E-state index < -0.39 is 13.0 Å². The van der Waals surface area contributed by atoms with Crippen LogP contribution in [-0.2, 0) is 11.2 Å². The van der Waals surface area contributed by atoms with Gasteiger partial charge in [0.25, 0.3) is 6.01 Å². The van der Waals surface area contributed by atoms with Gasteiger partial charge < -0.3 is 14.3 Å². The number of nitrogens with one attached hydrogen (secondary N) is 1. The molecule has 1 fully saturated rings. The van der Waals surface area contributed by atoms with Gasteiger partial charge in [0, 0.05) is 56.2 Å². The molecule has 3 heterocycles. The highest BCUT2D eigenvalue weighted by atomic mass is 19.4. The average Bonchev–Trinajstić information content (AvgIpc) is 3.47. The fourth-order valence-corrected chi connectivity index (χ4v) is 4.65. The molecule has 3 aromatic rings. The van der Waals surface area contributed by atoms with Crippen molar-refractivity contribution in [3.8, 4) is 0 Å². The van der Waals surface area contributed by atoms with Gasteiger partial charge >= 0.3 is 6.36 Å². The summed E-state index contributed by atoms with van der Waals surface area (Å²) < 4.78 is 46.1. The zero-order valence-corrected chi connectivity index (χ0v) is 19.8. The van der Waals surface area contributed by atoms with Gasteiger partial charge in [-0.2, -0.15) is 0 Å². The number of para-hydroxylation sites is 1. The number of aromatic amines is 1. The summed E-state index contributed by atoms with van der Waals surface area (Å²) in [6, 6.07) is 8.54. The van der Waals surface area contributed by atoms with Crippen molar-refractivity contribution in [3.63, 3.8) is 0 Å². The van der Waals surface area contributed by atoms with Crippen LogP contribution in [-0.4, -0.2) is 66.3 Å². The molecule has 1 unspecified atom stereocenters. The van der Waals surface area contributed by atoms with Crippen molar-refractivity contribution >= 4 is 22.7 Å². The molecule has 7 nitrogen and oxygen atoms in total. The summed E-state index contributed by atoms with van der Waals surface area (Å²) in [6.07, 6.45) is 2.02. The molecule has 0 radical (unpaired) electrons. The van der Waals surface area contributed by atoms with E-state index in [0.29, 0.717) is 38.6 Å². The van der Waals surface area contributed by atoms with Gasteiger partial charge in [0.1, 0.15) is 0 Å². The molecule has 2 aromatic heterocycles. The summed E-state index contributed by atoms with van der Waals surface area (Å²) in [5.74, 6) is 0.383. The molecule has 1 N–H and O–H groups in total. The number of Topliss-reactive ketones (excluding diaryl/α,β-unsaturated/α-hetero) is 1. The number of rotatable bonds is 11. The number of alkyl halides is 3. The number of anilines is 1. The predicted octanol–water partition coefficient (Wildman–Crippen LogP) is 5.05. The van der Waals surface area contributed by atoms with Gasteiger partial charge in [0.2, 0.25) is 0 Å². The molecule has 1 saturated heterocycles. The molecule has 4 rings (SSSR count). The Kier molecular flexibility index (Phi) is 8.12. The van der Waals surface area contributed by atoms with E-state index in [-0.39, 0.29) is 24.0 Å². The summed E-state index contributed by atoms with van der Waals surface area (Å²) in [6.45, 7) is 4.18. The largest absolute Gasteiger partial charge is 0.522 e. The molecule has 10 heteroatoms. The number of hydrogen-bond acceptors (Lipinski definition) is 6. The van der Waals surface area contributed by atoms with E-state index in [0.717, 1.165) is 24.8 Å². The van der Waals surface area contributed by atoms with Crippen LogP contribution in [0.25, 0.3) is 10.9 Å². The van der Waals surface area contributed by atoms with Crippen LogP contribution in [0.4, 0.5) is 19.2 Å². The molecule has 0 aliphatic carbocycles. The Hall–Kier alpha value is -2.85. The van der Waals surface area contributed by atoms with Gasteiger partial charge in [-0.3, -0.25) is 14.4 Å². The average molecular weight is 493 g/mol. The topological polar surface area (TPSA) is 74.6 Å². The highest BCUT2D eigenvalue weighted by Gasteiger charge is 2.29. The van der Waals surface area contributed by atoms with Crippen LogP contribution in [0.2, 0.25) is 0 Å². The maximum Gasteiger partial charge on any atom is 0.522 e. The van der Waals surface area contributed by atoms with E-state index in [1.165, 1.54) is 17.1 Å². The number of carbonyl (C=O) groups is 1. The second-order valence-electron chi connectivity index (χ2n) is 8.98. The third-order valence-electron chi connectivity index (χ3n) is 6.44. The molecular formula is C25H31F3N4O3. The Morgan fingerprint density at radius 2 is 2.00 bits per heavy atom. The van der Waals surface area contributed by atoms with Crippen LogP contribution < -0.4 is 4.90 Å². The number of ketones is 1. The first-order valence-corrected chi connectivity index (χ1v) is 12.0. The maximum absolute atomic E-state index is 13.0. The zero-order valence-electron chi connectivity index (χ0n) is 19.8. The van der Waals surface area contributed by atoms with E-state index >= 15 is 0 Å². The molecule has 0 amide bonds. The number of ether oxygens (including phenoxy) is 1. The van der Waals surface area contributed by atoms with Gasteiger partial charge in [0.05, 0.1) is 12.8 Å². The maximum atomic E-state index is 13.0. The molecule has 1 aliphatic rings. The van der Waals surface area contributed by atoms with Crippen molar-refractivity contribution in [2.75, 3.05) is 44.2 Å². The van der Waals surface area contributed by atoms with Crippen molar-refractivity contribution in [1.82, 2.24) is 14.9 Å². The van der Waals surface area contributed by atoms with Gasteiger partial charge in [0.15, 0.2) is 11.5 Å². The van der Waals surface area contributed by atoms with Crippen molar-refractivity contribution in [1.29, 1.82) is 0 Å². The second-order valence-corrected chi connectivity index (χ2v) is 8.98. The van der Waals surface area contributed by atoms with E-state index in [4.69, 9.17) is 4.42 Å². The molecule has 0 spiro atoms. The number of H-pyrrole nitrogens is 1. The lowest BCUT2D eigenvalue weighted by atomic mass is 9.90. The standard InChI is InChI=1S/C25H31F3N4O3/c1-2-5-18(14-19-16-29-21-7-4-3-6-20(19)21)15-22(33)23-17-30-24(35-23)32-10-8-31(9-11-32)12-13-34-25(26,27)28/h3-4,6-7,16-18,29H,2,5,8-15H2,1H3. The number of benzene rings is 1. The van der Waals surface area contributed by atoms with Crippen LogP contribution in [0.3, 0.4) is 0 Å². The van der Waals surface area contributed by atoms with Gasteiger partial charge in [-0.15, -0.1) is 13.2 Å². The summed E-state index contributed by atoms with van der Waals surface area (Å²) in [7, 11) is 0. The third kappa shape index (κ3) is 6.85. The Morgan fingerprint density at radius 1 is 1.23 bits per heavy atom. The van der Waals surface area contributed by atoms with Crippen molar-refractivity contribution in [2.45, 2.75) is 39.0 Å². The lowest BCUT2D eigenvalue weighted by Crippen LogP contribution is -2.47. The monoisotopic (exact) mass is 492 g/mol. The molecule has 1 atom stereocenters. The van der Waals surface area contributed by atoms with Gasteiger partial charge in [-0.25, -0.2) is 4.98 Å². The van der Waals surface area contributed by atoms with Gasteiger partial charge in [-0.05, 0) is 30.4 Å². The number of carbonyl (C=O) groups excluding carboxylic acids is 1. The summed E-state index contributed by atoms with van der Waals surface area (Å²) >= 11 is 0. The van der Waals surface area contributed by atoms with Crippen LogP contribution >= 0.6 is 0 Å². The minimum atomic E-state index is -4.60. The smallest absolute Gasteiger partial charge is 0.420 e.